The number of hydrogen-bond acceptors (Lipinski definition) is 2. The second-order valence-corrected chi connectivity index (χ2v) is 3.48. The number of nitrogens with zero attached hydrogens (tertiary/aromatic N) is 1. The molecule has 0 heterocycles. The maximum atomic E-state index is 11.1. The maximum Gasteiger partial charge on any atom is 0.284 e. The van der Waals surface area contributed by atoms with E-state index in [-0.39, 0.29) is 10.6 Å². The molecule has 0 aliphatic carbocycles. The van der Waals surface area contributed by atoms with Crippen molar-refractivity contribution in [2.45, 2.75) is 6.92 Å². The number of allylic oxidation sites excluding steroid dienone is 1. The highest BCUT2D eigenvalue weighted by Gasteiger charge is 2.15. The van der Waals surface area contributed by atoms with Crippen molar-refractivity contribution in [2.24, 2.45) is 0 Å². The molecular formula is C13H11NO2. The van der Waals surface area contributed by atoms with Crippen molar-refractivity contribution < 1.29 is 4.92 Å². The number of nitro benzene ring substituents is 1. The van der Waals surface area contributed by atoms with Crippen LogP contribution in [-0.2, 0) is 0 Å². The number of benzene rings is 2. The minimum atomic E-state index is -0.322. The van der Waals surface area contributed by atoms with Crippen LogP contribution in [-0.4, -0.2) is 4.92 Å². The zero-order valence-corrected chi connectivity index (χ0v) is 8.88. The standard InChI is InChI=1S/C13H11NO2/c1-2-5-11-9-8-10-6-3-4-7-12(10)13(11)14(15)16/h2-9H,1H3. The zero-order chi connectivity index (χ0) is 11.5. The predicted molar refractivity (Wildman–Crippen MR) is 65.3 cm³/mol. The Labute approximate surface area is 93.2 Å². The number of fused-ring (bicyclic) bond motifs is 1. The van der Waals surface area contributed by atoms with Gasteiger partial charge in [0.05, 0.1) is 15.9 Å². The highest BCUT2D eigenvalue weighted by molar-refractivity contribution is 5.94. The molecule has 0 fully saturated rings. The molecule has 2 aromatic carbocycles. The lowest BCUT2D eigenvalue weighted by atomic mass is 10.0. The fourth-order valence-corrected chi connectivity index (χ4v) is 1.79. The molecule has 16 heavy (non-hydrogen) atoms. The molecule has 80 valence electrons. The Hall–Kier alpha value is -2.16. The highest BCUT2D eigenvalue weighted by atomic mass is 16.6. The summed E-state index contributed by atoms with van der Waals surface area (Å²) in [6.07, 6.45) is 3.56. The monoisotopic (exact) mass is 213 g/mol. The molecule has 0 spiro atoms. The van der Waals surface area contributed by atoms with Gasteiger partial charge >= 0.3 is 0 Å². The third-order valence-corrected chi connectivity index (χ3v) is 2.46. The van der Waals surface area contributed by atoms with E-state index >= 15 is 0 Å². The van der Waals surface area contributed by atoms with Gasteiger partial charge in [0, 0.05) is 0 Å². The second kappa shape index (κ2) is 4.14. The first-order chi connectivity index (χ1) is 7.74. The van der Waals surface area contributed by atoms with Crippen molar-refractivity contribution in [3.05, 3.63) is 58.2 Å². The van der Waals surface area contributed by atoms with E-state index in [4.69, 9.17) is 0 Å². The summed E-state index contributed by atoms with van der Waals surface area (Å²) in [4.78, 5) is 10.8. The van der Waals surface area contributed by atoms with Gasteiger partial charge in [-0.05, 0) is 24.4 Å². The van der Waals surface area contributed by atoms with Crippen LogP contribution in [0.15, 0.2) is 42.5 Å². The fraction of sp³-hybridized carbons (Fsp3) is 0.0769. The number of rotatable bonds is 2. The van der Waals surface area contributed by atoms with Gasteiger partial charge < -0.3 is 0 Å². The summed E-state index contributed by atoms with van der Waals surface area (Å²) in [5.41, 5.74) is 0.822. The van der Waals surface area contributed by atoms with Crippen molar-refractivity contribution in [2.75, 3.05) is 0 Å². The fourth-order valence-electron chi connectivity index (χ4n) is 1.79. The van der Waals surface area contributed by atoms with Gasteiger partial charge in [0.25, 0.3) is 5.69 Å². The molecule has 0 atom stereocenters. The van der Waals surface area contributed by atoms with E-state index in [1.54, 1.807) is 24.3 Å². The summed E-state index contributed by atoms with van der Waals surface area (Å²) < 4.78 is 0. The third kappa shape index (κ3) is 1.67. The van der Waals surface area contributed by atoms with E-state index in [0.717, 1.165) is 5.39 Å². The van der Waals surface area contributed by atoms with Crippen LogP contribution in [0, 0.1) is 10.1 Å². The summed E-state index contributed by atoms with van der Waals surface area (Å²) in [7, 11) is 0. The Morgan fingerprint density at radius 3 is 2.62 bits per heavy atom. The topological polar surface area (TPSA) is 43.1 Å². The van der Waals surface area contributed by atoms with Crippen molar-refractivity contribution in [3.63, 3.8) is 0 Å². The normalized spacial score (nSPS) is 11.1. The average molecular weight is 213 g/mol. The molecular weight excluding hydrogens is 202 g/mol. The van der Waals surface area contributed by atoms with Gasteiger partial charge in [0.15, 0.2) is 0 Å². The Morgan fingerprint density at radius 1 is 1.19 bits per heavy atom. The van der Waals surface area contributed by atoms with Crippen LogP contribution < -0.4 is 0 Å². The zero-order valence-electron chi connectivity index (χ0n) is 8.88. The third-order valence-electron chi connectivity index (χ3n) is 2.46. The van der Waals surface area contributed by atoms with Crippen LogP contribution in [0.4, 0.5) is 5.69 Å². The van der Waals surface area contributed by atoms with Gasteiger partial charge in [-0.1, -0.05) is 36.4 Å². The molecule has 2 rings (SSSR count). The van der Waals surface area contributed by atoms with Crippen LogP contribution in [0.1, 0.15) is 12.5 Å². The summed E-state index contributed by atoms with van der Waals surface area (Å²) in [5, 5.41) is 12.7. The van der Waals surface area contributed by atoms with Gasteiger partial charge in [-0.2, -0.15) is 0 Å². The molecule has 0 aliphatic rings. The van der Waals surface area contributed by atoms with Gasteiger partial charge in [0.1, 0.15) is 0 Å². The van der Waals surface area contributed by atoms with E-state index in [2.05, 4.69) is 0 Å². The molecule has 3 nitrogen and oxygen atoms in total. The SMILES string of the molecule is CC=Cc1ccc2ccccc2c1[N+](=O)[O-]. The second-order valence-electron chi connectivity index (χ2n) is 3.48. The van der Waals surface area contributed by atoms with Crippen LogP contribution in [0.3, 0.4) is 0 Å². The van der Waals surface area contributed by atoms with E-state index in [1.165, 1.54) is 0 Å². The summed E-state index contributed by atoms with van der Waals surface area (Å²) in [6, 6.07) is 11.0. The molecule has 0 bridgehead atoms. The predicted octanol–water partition coefficient (Wildman–Crippen LogP) is 3.78. The molecule has 2 aromatic rings. The van der Waals surface area contributed by atoms with Crippen molar-refractivity contribution in [1.82, 2.24) is 0 Å². The summed E-state index contributed by atoms with van der Waals surface area (Å²) in [6.45, 7) is 1.85. The Morgan fingerprint density at radius 2 is 1.94 bits per heavy atom. The molecule has 0 saturated carbocycles. The molecule has 0 saturated heterocycles. The lowest BCUT2D eigenvalue weighted by Gasteiger charge is -2.02. The number of nitro groups is 1. The maximum absolute atomic E-state index is 11.1. The molecule has 0 radical (unpaired) electrons. The molecule has 0 aliphatic heterocycles. The summed E-state index contributed by atoms with van der Waals surface area (Å²) >= 11 is 0. The first-order valence-electron chi connectivity index (χ1n) is 5.03. The van der Waals surface area contributed by atoms with Crippen LogP contribution in [0.25, 0.3) is 16.8 Å². The average Bonchev–Trinajstić information content (AvgIpc) is 2.28. The first kappa shape index (κ1) is 10.4. The summed E-state index contributed by atoms with van der Waals surface area (Å²) in [5.74, 6) is 0. The Bertz CT molecular complexity index is 573. The van der Waals surface area contributed by atoms with Gasteiger partial charge in [-0.15, -0.1) is 0 Å². The van der Waals surface area contributed by atoms with Crippen molar-refractivity contribution >= 4 is 22.5 Å². The lowest BCUT2D eigenvalue weighted by Crippen LogP contribution is -1.92. The highest BCUT2D eigenvalue weighted by Crippen LogP contribution is 2.30. The van der Waals surface area contributed by atoms with Gasteiger partial charge in [0.2, 0.25) is 0 Å². The largest absolute Gasteiger partial charge is 0.284 e. The molecule has 0 amide bonds. The molecule has 0 aromatic heterocycles. The first-order valence-corrected chi connectivity index (χ1v) is 5.03. The Balaban J connectivity index is 2.84. The molecule has 0 unspecified atom stereocenters. The number of hydrogen-bond donors (Lipinski definition) is 0. The Kier molecular flexibility index (Phi) is 2.68. The van der Waals surface area contributed by atoms with Crippen LogP contribution in [0.2, 0.25) is 0 Å². The van der Waals surface area contributed by atoms with E-state index in [9.17, 15) is 10.1 Å². The molecule has 0 N–H and O–H groups in total. The lowest BCUT2D eigenvalue weighted by molar-refractivity contribution is -0.383. The van der Waals surface area contributed by atoms with Gasteiger partial charge in [-0.3, -0.25) is 10.1 Å². The van der Waals surface area contributed by atoms with E-state index < -0.39 is 0 Å². The molecule has 3 heteroatoms. The smallest absolute Gasteiger partial charge is 0.258 e. The minimum absolute atomic E-state index is 0.177. The van der Waals surface area contributed by atoms with Crippen LogP contribution >= 0.6 is 0 Å². The van der Waals surface area contributed by atoms with Crippen molar-refractivity contribution in [3.8, 4) is 0 Å². The van der Waals surface area contributed by atoms with Gasteiger partial charge in [-0.25, -0.2) is 0 Å². The van der Waals surface area contributed by atoms with Crippen LogP contribution in [0.5, 0.6) is 0 Å². The van der Waals surface area contributed by atoms with E-state index in [1.807, 2.05) is 31.2 Å². The quantitative estimate of drug-likeness (QED) is 0.562. The van der Waals surface area contributed by atoms with E-state index in [0.29, 0.717) is 10.9 Å². The van der Waals surface area contributed by atoms with Crippen molar-refractivity contribution in [1.29, 1.82) is 0 Å². The minimum Gasteiger partial charge on any atom is -0.258 e.